The second kappa shape index (κ2) is 8.85. The number of nitrogens with one attached hydrogen (secondary N) is 2. The van der Waals surface area contributed by atoms with Crippen LogP contribution in [0.3, 0.4) is 0 Å². The van der Waals surface area contributed by atoms with Gasteiger partial charge in [-0.25, -0.2) is 4.79 Å². The van der Waals surface area contributed by atoms with E-state index in [9.17, 15) is 24.0 Å². The lowest BCUT2D eigenvalue weighted by Crippen LogP contribution is -2.40. The molecule has 4 amide bonds. The van der Waals surface area contributed by atoms with Crippen LogP contribution in [0.5, 0.6) is 0 Å². The van der Waals surface area contributed by atoms with Crippen LogP contribution < -0.4 is 10.6 Å². The van der Waals surface area contributed by atoms with Crippen molar-refractivity contribution in [3.05, 3.63) is 29.8 Å². The summed E-state index contributed by atoms with van der Waals surface area (Å²) in [6.45, 7) is 6.19. The molecule has 9 heteroatoms. The van der Waals surface area contributed by atoms with Crippen LogP contribution in [0, 0.1) is 0 Å². The largest absolute Gasteiger partial charge is 0.453 e. The Hall–Kier alpha value is -3.23. The average Bonchev–Trinajstić information content (AvgIpc) is 2.83. The number of hydrogen-bond acceptors (Lipinski definition) is 6. The molecule has 0 bridgehead atoms. The van der Waals surface area contributed by atoms with E-state index in [2.05, 4.69) is 10.6 Å². The number of Topliss-reactive ketones (excluding diaryl/α,β-unsaturated/α-hetero) is 1. The lowest BCUT2D eigenvalue weighted by molar-refractivity contribution is -0.153. The second-order valence-corrected chi connectivity index (χ2v) is 7.37. The van der Waals surface area contributed by atoms with Gasteiger partial charge in [0.05, 0.1) is 0 Å². The number of rotatable bonds is 8. The van der Waals surface area contributed by atoms with Gasteiger partial charge in [-0.3, -0.25) is 24.1 Å². The van der Waals surface area contributed by atoms with Gasteiger partial charge in [-0.05, 0) is 58.4 Å². The molecule has 0 radical (unpaired) electrons. The fourth-order valence-corrected chi connectivity index (χ4v) is 2.74. The molecule has 9 nitrogen and oxygen atoms in total. The van der Waals surface area contributed by atoms with E-state index in [1.165, 1.54) is 13.8 Å². The molecule has 0 saturated carbocycles. The van der Waals surface area contributed by atoms with Gasteiger partial charge in [0.2, 0.25) is 0 Å². The Morgan fingerprint density at radius 1 is 1.17 bits per heavy atom. The zero-order chi connectivity index (χ0) is 21.8. The molecule has 1 aliphatic rings. The second-order valence-electron chi connectivity index (χ2n) is 7.37. The highest BCUT2D eigenvalue weighted by atomic mass is 16.5. The van der Waals surface area contributed by atoms with Crippen molar-refractivity contribution < 1.29 is 28.7 Å². The molecule has 1 unspecified atom stereocenters. The number of imide groups is 1. The third-order valence-electron chi connectivity index (χ3n) is 4.44. The number of nitrogens with zero attached hydrogens (tertiary/aromatic N) is 1. The Morgan fingerprint density at radius 3 is 2.31 bits per heavy atom. The first-order valence-corrected chi connectivity index (χ1v) is 9.26. The van der Waals surface area contributed by atoms with Crippen LogP contribution in [-0.4, -0.2) is 52.7 Å². The first-order chi connectivity index (χ1) is 13.5. The van der Waals surface area contributed by atoms with Crippen molar-refractivity contribution in [1.82, 2.24) is 10.2 Å². The molecule has 29 heavy (non-hydrogen) atoms. The van der Waals surface area contributed by atoms with Gasteiger partial charge < -0.3 is 15.4 Å². The first-order valence-electron chi connectivity index (χ1n) is 9.26. The van der Waals surface area contributed by atoms with Crippen molar-refractivity contribution in [2.24, 2.45) is 0 Å². The molecule has 1 heterocycles. The molecule has 1 aromatic rings. The van der Waals surface area contributed by atoms with E-state index in [0.29, 0.717) is 11.3 Å². The molecular weight excluding hydrogens is 378 g/mol. The predicted octanol–water partition coefficient (Wildman–Crippen LogP) is 1.87. The summed E-state index contributed by atoms with van der Waals surface area (Å²) in [6.07, 6.45) is -0.831. The summed E-state index contributed by atoms with van der Waals surface area (Å²) in [5.41, 5.74) is 0.0485. The van der Waals surface area contributed by atoms with Crippen molar-refractivity contribution in [3.63, 3.8) is 0 Å². The SMILES string of the molecule is CC(=O)c1ccc(NC(=O)C(C)OC(=O)CCCN2C(=O)NC(C)(C)C2=O)cc1. The topological polar surface area (TPSA) is 122 Å². The van der Waals surface area contributed by atoms with Crippen molar-refractivity contribution in [2.45, 2.75) is 52.2 Å². The Kier molecular flexibility index (Phi) is 6.73. The summed E-state index contributed by atoms with van der Waals surface area (Å²) in [7, 11) is 0. The maximum absolute atomic E-state index is 12.1. The maximum Gasteiger partial charge on any atom is 0.325 e. The Bertz CT molecular complexity index is 831. The molecule has 1 fully saturated rings. The fourth-order valence-electron chi connectivity index (χ4n) is 2.74. The summed E-state index contributed by atoms with van der Waals surface area (Å²) in [6, 6.07) is 5.86. The van der Waals surface area contributed by atoms with Crippen molar-refractivity contribution in [3.8, 4) is 0 Å². The minimum absolute atomic E-state index is 0.0393. The lowest BCUT2D eigenvalue weighted by Gasteiger charge is -2.16. The van der Waals surface area contributed by atoms with Crippen LogP contribution in [0.15, 0.2) is 24.3 Å². The number of benzene rings is 1. The summed E-state index contributed by atoms with van der Waals surface area (Å²) in [5, 5.41) is 5.16. The quantitative estimate of drug-likeness (QED) is 0.388. The smallest absolute Gasteiger partial charge is 0.325 e. The van der Waals surface area contributed by atoms with Gasteiger partial charge in [-0.2, -0.15) is 0 Å². The van der Waals surface area contributed by atoms with Crippen LogP contribution in [0.4, 0.5) is 10.5 Å². The van der Waals surface area contributed by atoms with Crippen LogP contribution in [-0.2, 0) is 19.1 Å². The van der Waals surface area contributed by atoms with Gasteiger partial charge in [0.1, 0.15) is 5.54 Å². The zero-order valence-electron chi connectivity index (χ0n) is 16.9. The van der Waals surface area contributed by atoms with Crippen LogP contribution in [0.1, 0.15) is 50.9 Å². The van der Waals surface area contributed by atoms with Gasteiger partial charge in [-0.1, -0.05) is 0 Å². The molecule has 0 aromatic heterocycles. The first kappa shape index (κ1) is 22.1. The minimum atomic E-state index is -1.02. The van der Waals surface area contributed by atoms with Gasteiger partial charge >= 0.3 is 12.0 Å². The number of ether oxygens (including phenoxy) is 1. The highest BCUT2D eigenvalue weighted by Gasteiger charge is 2.43. The maximum atomic E-state index is 12.1. The van der Waals surface area contributed by atoms with Crippen LogP contribution >= 0.6 is 0 Å². The van der Waals surface area contributed by atoms with Gasteiger partial charge in [-0.15, -0.1) is 0 Å². The molecule has 0 spiro atoms. The van der Waals surface area contributed by atoms with Crippen molar-refractivity contribution >= 4 is 35.3 Å². The van der Waals surface area contributed by atoms with E-state index in [1.807, 2.05) is 0 Å². The highest BCUT2D eigenvalue weighted by molar-refractivity contribution is 6.06. The van der Waals surface area contributed by atoms with Gasteiger partial charge in [0.15, 0.2) is 11.9 Å². The van der Waals surface area contributed by atoms with Crippen molar-refractivity contribution in [1.29, 1.82) is 0 Å². The van der Waals surface area contributed by atoms with E-state index < -0.39 is 29.6 Å². The average molecular weight is 403 g/mol. The van der Waals surface area contributed by atoms with Crippen LogP contribution in [0.2, 0.25) is 0 Å². The van der Waals surface area contributed by atoms with E-state index >= 15 is 0 Å². The number of carbonyl (C=O) groups is 5. The number of carbonyl (C=O) groups excluding carboxylic acids is 5. The van der Waals surface area contributed by atoms with E-state index in [-0.39, 0.29) is 31.1 Å². The number of anilines is 1. The molecule has 1 saturated heterocycles. The van der Waals surface area contributed by atoms with E-state index in [4.69, 9.17) is 4.74 Å². The molecular formula is C20H25N3O6. The number of amides is 4. The molecule has 156 valence electrons. The third kappa shape index (κ3) is 5.63. The van der Waals surface area contributed by atoms with Crippen LogP contribution in [0.25, 0.3) is 0 Å². The standard InChI is InChI=1S/C20H25N3O6/c1-12(24)14-7-9-15(10-8-14)21-17(26)13(2)29-16(25)6-5-11-23-18(27)20(3,4)22-19(23)28/h7-10,13H,5-6,11H2,1-4H3,(H,21,26)(H,22,28). The molecule has 2 rings (SSSR count). The van der Waals surface area contributed by atoms with Gasteiger partial charge in [0.25, 0.3) is 11.8 Å². The number of ketones is 1. The lowest BCUT2D eigenvalue weighted by atomic mass is 10.1. The highest BCUT2D eigenvalue weighted by Crippen LogP contribution is 2.17. The fraction of sp³-hybridized carbons (Fsp3) is 0.450. The molecule has 1 aliphatic heterocycles. The Morgan fingerprint density at radius 2 is 1.79 bits per heavy atom. The summed E-state index contributed by atoms with van der Waals surface area (Å²) in [4.78, 5) is 60.3. The van der Waals surface area contributed by atoms with E-state index in [0.717, 1.165) is 4.90 Å². The third-order valence-corrected chi connectivity index (χ3v) is 4.44. The number of urea groups is 1. The zero-order valence-corrected chi connectivity index (χ0v) is 16.9. The monoisotopic (exact) mass is 403 g/mol. The number of esters is 1. The summed E-state index contributed by atoms with van der Waals surface area (Å²) < 4.78 is 5.10. The molecule has 1 atom stereocenters. The molecule has 0 aliphatic carbocycles. The normalized spacial score (nSPS) is 16.2. The van der Waals surface area contributed by atoms with E-state index in [1.54, 1.807) is 38.1 Å². The van der Waals surface area contributed by atoms with Gasteiger partial charge in [0, 0.05) is 24.2 Å². The predicted molar refractivity (Wildman–Crippen MR) is 104 cm³/mol. The minimum Gasteiger partial charge on any atom is -0.453 e. The number of hydrogen-bond donors (Lipinski definition) is 2. The van der Waals surface area contributed by atoms with Crippen molar-refractivity contribution in [2.75, 3.05) is 11.9 Å². The molecule has 1 aromatic carbocycles. The molecule has 2 N–H and O–H groups in total. The Balaban J connectivity index is 1.76. The Labute approximate surface area is 168 Å². The summed E-state index contributed by atoms with van der Waals surface area (Å²) in [5.74, 6) is -1.54. The summed E-state index contributed by atoms with van der Waals surface area (Å²) >= 11 is 0.